The van der Waals surface area contributed by atoms with Crippen LogP contribution in [0.15, 0.2) is 27.6 Å². The van der Waals surface area contributed by atoms with Crippen molar-refractivity contribution in [1.29, 1.82) is 0 Å². The number of amides is 1. The molecule has 0 radical (unpaired) electrons. The fraction of sp³-hybridized carbons (Fsp3) is 0.500. The van der Waals surface area contributed by atoms with E-state index in [1.807, 2.05) is 6.92 Å². The van der Waals surface area contributed by atoms with Gasteiger partial charge in [-0.1, -0.05) is 17.6 Å². The first kappa shape index (κ1) is 20.8. The number of aromatic nitrogens is 2. The van der Waals surface area contributed by atoms with E-state index in [-0.39, 0.29) is 16.6 Å². The average molecular weight is 425 g/mol. The lowest BCUT2D eigenvalue weighted by molar-refractivity contribution is -0.113. The number of benzene rings is 1. The zero-order valence-electron chi connectivity index (χ0n) is 16.0. The lowest BCUT2D eigenvalue weighted by atomic mass is 10.2. The van der Waals surface area contributed by atoms with Gasteiger partial charge in [-0.3, -0.25) is 4.79 Å². The van der Waals surface area contributed by atoms with Crippen molar-refractivity contribution in [2.45, 2.75) is 43.8 Å². The Balaban J connectivity index is 1.63. The van der Waals surface area contributed by atoms with Gasteiger partial charge in [0.05, 0.1) is 16.4 Å². The first-order valence-corrected chi connectivity index (χ1v) is 11.7. The van der Waals surface area contributed by atoms with Crippen molar-refractivity contribution in [3.05, 3.63) is 35.5 Å². The maximum Gasteiger partial charge on any atom is 0.243 e. The lowest BCUT2D eigenvalue weighted by Crippen LogP contribution is -2.35. The van der Waals surface area contributed by atoms with E-state index in [1.165, 1.54) is 16.1 Å². The van der Waals surface area contributed by atoms with Gasteiger partial charge in [0.25, 0.3) is 0 Å². The minimum atomic E-state index is -3.54. The van der Waals surface area contributed by atoms with E-state index in [0.717, 1.165) is 24.8 Å². The average Bonchev–Trinajstić information content (AvgIpc) is 3.09. The van der Waals surface area contributed by atoms with Gasteiger partial charge in [-0.05, 0) is 37.5 Å². The summed E-state index contributed by atoms with van der Waals surface area (Å²) in [5, 5.41) is 6.59. The van der Waals surface area contributed by atoms with Crippen molar-refractivity contribution in [3.63, 3.8) is 0 Å². The number of hydrogen-bond acceptors (Lipinski definition) is 7. The number of nitrogens with one attached hydrogen (secondary N) is 1. The van der Waals surface area contributed by atoms with Crippen LogP contribution < -0.4 is 5.32 Å². The molecular weight excluding hydrogens is 400 g/mol. The Hall–Kier alpha value is -1.91. The number of anilines is 1. The van der Waals surface area contributed by atoms with Gasteiger partial charge in [-0.25, -0.2) is 8.42 Å². The van der Waals surface area contributed by atoms with Crippen molar-refractivity contribution < 1.29 is 17.7 Å². The van der Waals surface area contributed by atoms with E-state index in [9.17, 15) is 13.2 Å². The summed E-state index contributed by atoms with van der Waals surface area (Å²) in [4.78, 5) is 16.6. The Labute approximate surface area is 169 Å². The standard InChI is InChI=1S/C18H24N4O4S2/c1-13-6-7-15(28(24,25)22-8-4-3-5-9-22)10-16(13)20-18(23)12-27-11-17-19-14(2)26-21-17/h6-7,10H,3-5,8-9,11-12H2,1-2H3,(H,20,23). The molecule has 1 aliphatic heterocycles. The number of thioether (sulfide) groups is 1. The van der Waals surface area contributed by atoms with Gasteiger partial charge in [0.2, 0.25) is 21.8 Å². The Morgan fingerprint density at radius 1 is 1.25 bits per heavy atom. The van der Waals surface area contributed by atoms with Crippen molar-refractivity contribution in [2.75, 3.05) is 24.2 Å². The second-order valence-corrected chi connectivity index (χ2v) is 9.64. The highest BCUT2D eigenvalue weighted by atomic mass is 32.2. The van der Waals surface area contributed by atoms with E-state index in [2.05, 4.69) is 15.5 Å². The van der Waals surface area contributed by atoms with Gasteiger partial charge in [0.1, 0.15) is 0 Å². The molecule has 28 heavy (non-hydrogen) atoms. The number of nitrogens with zero attached hydrogens (tertiary/aromatic N) is 3. The minimum absolute atomic E-state index is 0.204. The number of aryl methyl sites for hydroxylation is 2. The molecule has 1 N–H and O–H groups in total. The molecule has 1 amide bonds. The summed E-state index contributed by atoms with van der Waals surface area (Å²) in [6, 6.07) is 4.87. The van der Waals surface area contributed by atoms with Crippen LogP contribution in [0.25, 0.3) is 0 Å². The SMILES string of the molecule is Cc1nc(CSCC(=O)Nc2cc(S(=O)(=O)N3CCCCC3)ccc2C)no1. The molecule has 2 aromatic rings. The molecular formula is C18H24N4O4S2. The predicted molar refractivity (Wildman–Crippen MR) is 108 cm³/mol. The topological polar surface area (TPSA) is 105 Å². The molecule has 1 aromatic carbocycles. The molecule has 1 saturated heterocycles. The molecule has 10 heteroatoms. The summed E-state index contributed by atoms with van der Waals surface area (Å²) in [5.74, 6) is 1.49. The first-order valence-electron chi connectivity index (χ1n) is 9.14. The molecule has 2 heterocycles. The van der Waals surface area contributed by atoms with Gasteiger partial charge in [0.15, 0.2) is 5.82 Å². The van der Waals surface area contributed by atoms with Crippen LogP contribution >= 0.6 is 11.8 Å². The number of piperidine rings is 1. The Morgan fingerprint density at radius 2 is 2.00 bits per heavy atom. The van der Waals surface area contributed by atoms with Gasteiger partial charge in [-0.2, -0.15) is 9.29 Å². The Morgan fingerprint density at radius 3 is 2.68 bits per heavy atom. The van der Waals surface area contributed by atoms with Crippen molar-refractivity contribution in [3.8, 4) is 0 Å². The number of hydrogen-bond donors (Lipinski definition) is 1. The molecule has 8 nitrogen and oxygen atoms in total. The lowest BCUT2D eigenvalue weighted by Gasteiger charge is -2.26. The summed E-state index contributed by atoms with van der Waals surface area (Å²) in [5.41, 5.74) is 1.32. The number of rotatable bonds is 7. The van der Waals surface area contributed by atoms with E-state index < -0.39 is 10.0 Å². The fourth-order valence-corrected chi connectivity index (χ4v) is 5.18. The molecule has 0 atom stereocenters. The summed E-state index contributed by atoms with van der Waals surface area (Å²) in [6.07, 6.45) is 2.82. The summed E-state index contributed by atoms with van der Waals surface area (Å²) in [6.45, 7) is 4.64. The second kappa shape index (κ2) is 9.06. The number of carbonyl (C=O) groups excluding carboxylic acids is 1. The van der Waals surface area contributed by atoms with Gasteiger partial charge in [0, 0.05) is 25.7 Å². The summed E-state index contributed by atoms with van der Waals surface area (Å²) < 4.78 is 32.1. The van der Waals surface area contributed by atoms with Crippen molar-refractivity contribution >= 4 is 33.4 Å². The third-order valence-corrected chi connectivity index (χ3v) is 7.29. The van der Waals surface area contributed by atoms with E-state index in [0.29, 0.717) is 36.2 Å². The maximum absolute atomic E-state index is 12.9. The Bertz CT molecular complexity index is 937. The van der Waals surface area contributed by atoms with E-state index in [1.54, 1.807) is 25.1 Å². The zero-order valence-corrected chi connectivity index (χ0v) is 17.6. The van der Waals surface area contributed by atoms with Crippen molar-refractivity contribution in [1.82, 2.24) is 14.4 Å². The maximum atomic E-state index is 12.9. The third kappa shape index (κ3) is 5.12. The fourth-order valence-electron chi connectivity index (χ4n) is 2.97. The molecule has 1 fully saturated rings. The largest absolute Gasteiger partial charge is 0.340 e. The second-order valence-electron chi connectivity index (χ2n) is 6.71. The summed E-state index contributed by atoms with van der Waals surface area (Å²) >= 11 is 1.36. The molecule has 1 aromatic heterocycles. The highest BCUT2D eigenvalue weighted by Crippen LogP contribution is 2.25. The molecule has 1 aliphatic rings. The smallest absolute Gasteiger partial charge is 0.243 e. The highest BCUT2D eigenvalue weighted by molar-refractivity contribution is 7.99. The number of sulfonamides is 1. The van der Waals surface area contributed by atoms with Crippen LogP contribution in [0.1, 0.15) is 36.5 Å². The van der Waals surface area contributed by atoms with Crippen LogP contribution in [0.2, 0.25) is 0 Å². The third-order valence-electron chi connectivity index (χ3n) is 4.47. The van der Waals surface area contributed by atoms with E-state index in [4.69, 9.17) is 4.52 Å². The normalized spacial score (nSPS) is 15.5. The molecule has 0 unspecified atom stereocenters. The van der Waals surface area contributed by atoms with Crippen LogP contribution in [0.3, 0.4) is 0 Å². The van der Waals surface area contributed by atoms with E-state index >= 15 is 0 Å². The minimum Gasteiger partial charge on any atom is -0.340 e. The quantitative estimate of drug-likeness (QED) is 0.728. The van der Waals surface area contributed by atoms with Crippen LogP contribution in [0.4, 0.5) is 5.69 Å². The molecule has 0 spiro atoms. The van der Waals surface area contributed by atoms with Crippen molar-refractivity contribution in [2.24, 2.45) is 0 Å². The first-order chi connectivity index (χ1) is 13.4. The molecule has 0 bridgehead atoms. The van der Waals surface area contributed by atoms with Crippen LogP contribution in [0, 0.1) is 13.8 Å². The Kier molecular flexibility index (Phi) is 6.73. The van der Waals surface area contributed by atoms with Gasteiger partial charge >= 0.3 is 0 Å². The molecule has 0 saturated carbocycles. The van der Waals surface area contributed by atoms with Gasteiger partial charge < -0.3 is 9.84 Å². The summed E-state index contributed by atoms with van der Waals surface area (Å²) in [7, 11) is -3.54. The van der Waals surface area contributed by atoms with Crippen LogP contribution in [-0.2, 0) is 20.6 Å². The van der Waals surface area contributed by atoms with Crippen LogP contribution in [-0.4, -0.2) is 47.6 Å². The highest BCUT2D eigenvalue weighted by Gasteiger charge is 2.26. The van der Waals surface area contributed by atoms with Crippen LogP contribution in [0.5, 0.6) is 0 Å². The zero-order chi connectivity index (χ0) is 20.1. The van der Waals surface area contributed by atoms with Gasteiger partial charge in [-0.15, -0.1) is 11.8 Å². The molecule has 152 valence electrons. The predicted octanol–water partition coefficient (Wildman–Crippen LogP) is 2.73. The molecule has 0 aliphatic carbocycles. The monoisotopic (exact) mass is 424 g/mol. The number of carbonyl (C=O) groups is 1. The molecule has 3 rings (SSSR count).